The summed E-state index contributed by atoms with van der Waals surface area (Å²) in [7, 11) is 1.90. The number of benzene rings is 3. The number of rotatable bonds is 7. The van der Waals surface area contributed by atoms with E-state index in [1.165, 1.54) is 0 Å². The highest BCUT2D eigenvalue weighted by molar-refractivity contribution is 5.94. The third kappa shape index (κ3) is 5.11. The number of anilines is 2. The van der Waals surface area contributed by atoms with Crippen molar-refractivity contribution in [1.29, 1.82) is 0 Å². The second-order valence-electron chi connectivity index (χ2n) is 6.04. The topological polar surface area (TPSA) is 41.6 Å². The standard InChI is InChI=1S/C22H22N2O2/c1-24(20-12-6-3-7-13-20)16-22(25)23-19-11-8-14-21(15-19)26-17-18-9-4-2-5-10-18/h2-15H,16-17H2,1H3,(H,23,25). The average molecular weight is 346 g/mol. The molecule has 0 aliphatic rings. The van der Waals surface area contributed by atoms with Crippen molar-refractivity contribution in [3.05, 3.63) is 90.5 Å². The highest BCUT2D eigenvalue weighted by Gasteiger charge is 2.08. The molecule has 3 aromatic carbocycles. The molecule has 4 nitrogen and oxygen atoms in total. The molecule has 0 radical (unpaired) electrons. The van der Waals surface area contributed by atoms with Crippen LogP contribution in [0.4, 0.5) is 11.4 Å². The first-order valence-electron chi connectivity index (χ1n) is 8.53. The van der Waals surface area contributed by atoms with Crippen LogP contribution in [0.5, 0.6) is 5.75 Å². The quantitative estimate of drug-likeness (QED) is 0.692. The van der Waals surface area contributed by atoms with Gasteiger partial charge in [-0.15, -0.1) is 0 Å². The van der Waals surface area contributed by atoms with E-state index in [9.17, 15) is 4.79 Å². The summed E-state index contributed by atoms with van der Waals surface area (Å²) >= 11 is 0. The van der Waals surface area contributed by atoms with Crippen molar-refractivity contribution in [2.75, 3.05) is 23.8 Å². The van der Waals surface area contributed by atoms with Gasteiger partial charge < -0.3 is 15.0 Å². The van der Waals surface area contributed by atoms with Gasteiger partial charge in [0.1, 0.15) is 12.4 Å². The summed E-state index contributed by atoms with van der Waals surface area (Å²) in [6.45, 7) is 0.772. The number of nitrogens with zero attached hydrogens (tertiary/aromatic N) is 1. The van der Waals surface area contributed by atoms with Crippen LogP contribution >= 0.6 is 0 Å². The Morgan fingerprint density at radius 1 is 0.923 bits per heavy atom. The Morgan fingerprint density at radius 2 is 1.62 bits per heavy atom. The molecule has 0 unspecified atom stereocenters. The molecule has 1 N–H and O–H groups in total. The minimum atomic E-state index is -0.0726. The molecule has 0 spiro atoms. The predicted molar refractivity (Wildman–Crippen MR) is 106 cm³/mol. The van der Waals surface area contributed by atoms with Gasteiger partial charge in [0, 0.05) is 24.5 Å². The number of amides is 1. The lowest BCUT2D eigenvalue weighted by atomic mass is 10.2. The Balaban J connectivity index is 1.55. The van der Waals surface area contributed by atoms with Gasteiger partial charge in [-0.1, -0.05) is 54.6 Å². The summed E-state index contributed by atoms with van der Waals surface area (Å²) < 4.78 is 5.80. The van der Waals surface area contributed by atoms with Crippen molar-refractivity contribution in [3.8, 4) is 5.75 Å². The van der Waals surface area contributed by atoms with Gasteiger partial charge in [-0.2, -0.15) is 0 Å². The Labute approximate surface area is 154 Å². The number of likely N-dealkylation sites (N-methyl/N-ethyl adjacent to an activating group) is 1. The minimum Gasteiger partial charge on any atom is -0.489 e. The van der Waals surface area contributed by atoms with Gasteiger partial charge in [0.15, 0.2) is 0 Å². The molecule has 0 saturated carbocycles. The summed E-state index contributed by atoms with van der Waals surface area (Å²) in [5.74, 6) is 0.652. The van der Waals surface area contributed by atoms with Crippen molar-refractivity contribution in [3.63, 3.8) is 0 Å². The van der Waals surface area contributed by atoms with Gasteiger partial charge >= 0.3 is 0 Å². The first-order valence-corrected chi connectivity index (χ1v) is 8.53. The van der Waals surface area contributed by atoms with Crippen molar-refractivity contribution < 1.29 is 9.53 Å². The van der Waals surface area contributed by atoms with Crippen LogP contribution in [0.3, 0.4) is 0 Å². The summed E-state index contributed by atoms with van der Waals surface area (Å²) in [5, 5.41) is 2.92. The molecule has 3 rings (SSSR count). The zero-order valence-electron chi connectivity index (χ0n) is 14.8. The number of ether oxygens (including phenoxy) is 1. The molecule has 0 bridgehead atoms. The molecule has 1 amide bonds. The van der Waals surface area contributed by atoms with Crippen LogP contribution in [0.25, 0.3) is 0 Å². The van der Waals surface area contributed by atoms with Crippen molar-refractivity contribution in [2.45, 2.75) is 6.61 Å². The second kappa shape index (κ2) is 8.72. The maximum absolute atomic E-state index is 12.3. The fourth-order valence-electron chi connectivity index (χ4n) is 2.59. The Bertz CT molecular complexity index is 835. The van der Waals surface area contributed by atoms with Crippen LogP contribution in [0, 0.1) is 0 Å². The smallest absolute Gasteiger partial charge is 0.243 e. The van der Waals surface area contributed by atoms with E-state index >= 15 is 0 Å². The van der Waals surface area contributed by atoms with E-state index in [0.29, 0.717) is 6.61 Å². The Morgan fingerprint density at radius 3 is 2.35 bits per heavy atom. The molecule has 0 saturated heterocycles. The van der Waals surface area contributed by atoms with Crippen LogP contribution in [0.2, 0.25) is 0 Å². The molecule has 26 heavy (non-hydrogen) atoms. The second-order valence-corrected chi connectivity index (χ2v) is 6.04. The first kappa shape index (κ1) is 17.5. The average Bonchev–Trinajstić information content (AvgIpc) is 2.68. The monoisotopic (exact) mass is 346 g/mol. The predicted octanol–water partition coefficient (Wildman–Crippen LogP) is 4.34. The van der Waals surface area contributed by atoms with Crippen molar-refractivity contribution in [2.24, 2.45) is 0 Å². The molecule has 4 heteroatoms. The highest BCUT2D eigenvalue weighted by Crippen LogP contribution is 2.19. The van der Waals surface area contributed by atoms with Crippen molar-refractivity contribution in [1.82, 2.24) is 0 Å². The zero-order chi connectivity index (χ0) is 18.2. The molecule has 0 aromatic heterocycles. The number of nitrogens with one attached hydrogen (secondary N) is 1. The Hall–Kier alpha value is -3.27. The lowest BCUT2D eigenvalue weighted by Crippen LogP contribution is -2.29. The third-order valence-electron chi connectivity index (χ3n) is 3.94. The van der Waals surface area contributed by atoms with Crippen LogP contribution in [-0.4, -0.2) is 19.5 Å². The lowest BCUT2D eigenvalue weighted by molar-refractivity contribution is -0.114. The van der Waals surface area contributed by atoms with Gasteiger partial charge in [-0.05, 0) is 29.8 Å². The maximum atomic E-state index is 12.3. The molecule has 132 valence electrons. The molecular weight excluding hydrogens is 324 g/mol. The van der Waals surface area contributed by atoms with Gasteiger partial charge in [-0.25, -0.2) is 0 Å². The van der Waals surface area contributed by atoms with Crippen LogP contribution in [0.1, 0.15) is 5.56 Å². The van der Waals surface area contributed by atoms with Crippen LogP contribution < -0.4 is 15.0 Å². The molecule has 3 aromatic rings. The van der Waals surface area contributed by atoms with E-state index in [1.54, 1.807) is 0 Å². The van der Waals surface area contributed by atoms with Crippen molar-refractivity contribution >= 4 is 17.3 Å². The fourth-order valence-corrected chi connectivity index (χ4v) is 2.59. The summed E-state index contributed by atoms with van der Waals surface area (Å²) in [6, 6.07) is 27.3. The highest BCUT2D eigenvalue weighted by atomic mass is 16.5. The minimum absolute atomic E-state index is 0.0726. The van der Waals surface area contributed by atoms with Crippen LogP contribution in [-0.2, 0) is 11.4 Å². The third-order valence-corrected chi connectivity index (χ3v) is 3.94. The molecule has 0 heterocycles. The van der Waals surface area contributed by atoms with Gasteiger partial charge in [0.2, 0.25) is 5.91 Å². The van der Waals surface area contributed by atoms with E-state index in [2.05, 4.69) is 5.32 Å². The SMILES string of the molecule is CN(CC(=O)Nc1cccc(OCc2ccccc2)c1)c1ccccc1. The number of para-hydroxylation sites is 1. The number of carbonyl (C=O) groups excluding carboxylic acids is 1. The normalized spacial score (nSPS) is 10.2. The van der Waals surface area contributed by atoms with E-state index in [1.807, 2.05) is 96.9 Å². The fraction of sp³-hybridized carbons (Fsp3) is 0.136. The van der Waals surface area contributed by atoms with Crippen LogP contribution in [0.15, 0.2) is 84.9 Å². The summed E-state index contributed by atoms with van der Waals surface area (Å²) in [6.07, 6.45) is 0. The van der Waals surface area contributed by atoms with E-state index in [4.69, 9.17) is 4.74 Å². The number of hydrogen-bond donors (Lipinski definition) is 1. The Kier molecular flexibility index (Phi) is 5.88. The van der Waals surface area contributed by atoms with E-state index < -0.39 is 0 Å². The summed E-state index contributed by atoms with van der Waals surface area (Å²) in [4.78, 5) is 14.2. The number of carbonyl (C=O) groups is 1. The number of hydrogen-bond acceptors (Lipinski definition) is 3. The summed E-state index contributed by atoms with van der Waals surface area (Å²) in [5.41, 5.74) is 2.83. The lowest BCUT2D eigenvalue weighted by Gasteiger charge is -2.18. The largest absolute Gasteiger partial charge is 0.489 e. The molecule has 0 aliphatic heterocycles. The zero-order valence-corrected chi connectivity index (χ0v) is 14.8. The molecule has 0 aliphatic carbocycles. The maximum Gasteiger partial charge on any atom is 0.243 e. The van der Waals surface area contributed by atoms with Gasteiger partial charge in [-0.3, -0.25) is 4.79 Å². The first-order chi connectivity index (χ1) is 12.7. The molecular formula is C22H22N2O2. The molecule has 0 fully saturated rings. The molecule has 0 atom stereocenters. The van der Waals surface area contributed by atoms with Gasteiger partial charge in [0.05, 0.1) is 6.54 Å². The van der Waals surface area contributed by atoms with E-state index in [-0.39, 0.29) is 12.5 Å². The van der Waals surface area contributed by atoms with Gasteiger partial charge in [0.25, 0.3) is 0 Å². The van der Waals surface area contributed by atoms with E-state index in [0.717, 1.165) is 22.7 Å².